The second kappa shape index (κ2) is 4.07. The molecule has 2 fully saturated rings. The van der Waals surface area contributed by atoms with Gasteiger partial charge in [0.05, 0.1) is 10.8 Å². The van der Waals surface area contributed by atoms with Crippen molar-refractivity contribution in [2.24, 2.45) is 23.7 Å². The molecule has 4 aliphatic carbocycles. The zero-order chi connectivity index (χ0) is 13.3. The first-order chi connectivity index (χ1) is 9.83. The predicted octanol–water partition coefficient (Wildman–Crippen LogP) is 3.93. The second-order valence-electron chi connectivity index (χ2n) is 7.04. The summed E-state index contributed by atoms with van der Waals surface area (Å²) >= 11 is 0. The molecule has 2 saturated carbocycles. The summed E-state index contributed by atoms with van der Waals surface area (Å²) in [6.45, 7) is 0. The molecular weight excluding hydrogens is 264 g/mol. The molecule has 0 aliphatic heterocycles. The SMILES string of the molecule is O=[S@](c1ccccc1)[C@@H]1C[C@H]2C[C@H]1C1=C2[C@H]2CC[C@H]1C2. The Balaban J connectivity index is 1.49. The van der Waals surface area contributed by atoms with Gasteiger partial charge in [-0.25, -0.2) is 0 Å². The van der Waals surface area contributed by atoms with Crippen LogP contribution in [0.25, 0.3) is 0 Å². The molecule has 104 valence electrons. The normalized spacial score (nSPS) is 42.3. The van der Waals surface area contributed by atoms with E-state index < -0.39 is 10.8 Å². The average Bonchev–Trinajstić information content (AvgIpc) is 3.24. The third-order valence-electron chi connectivity index (χ3n) is 6.24. The molecule has 0 N–H and O–H groups in total. The molecule has 0 spiro atoms. The third-order valence-corrected chi connectivity index (χ3v) is 8.05. The van der Waals surface area contributed by atoms with Gasteiger partial charge in [-0.2, -0.15) is 0 Å². The molecule has 0 radical (unpaired) electrons. The van der Waals surface area contributed by atoms with Gasteiger partial charge in [0.15, 0.2) is 0 Å². The molecule has 2 heteroatoms. The number of hydrogen-bond acceptors (Lipinski definition) is 1. The Labute approximate surface area is 122 Å². The molecule has 4 aliphatic rings. The zero-order valence-electron chi connectivity index (χ0n) is 11.6. The van der Waals surface area contributed by atoms with Crippen molar-refractivity contribution in [3.05, 3.63) is 41.5 Å². The highest BCUT2D eigenvalue weighted by Gasteiger charge is 2.55. The Morgan fingerprint density at radius 1 is 0.850 bits per heavy atom. The summed E-state index contributed by atoms with van der Waals surface area (Å²) in [7, 11) is -0.804. The van der Waals surface area contributed by atoms with Crippen molar-refractivity contribution in [1.29, 1.82) is 0 Å². The lowest BCUT2D eigenvalue weighted by atomic mass is 9.82. The molecule has 20 heavy (non-hydrogen) atoms. The minimum absolute atomic E-state index is 0.403. The van der Waals surface area contributed by atoms with Crippen molar-refractivity contribution in [2.45, 2.75) is 42.2 Å². The molecule has 6 atom stereocenters. The van der Waals surface area contributed by atoms with Gasteiger partial charge in [0.25, 0.3) is 0 Å². The van der Waals surface area contributed by atoms with E-state index in [0.29, 0.717) is 11.2 Å². The average molecular weight is 284 g/mol. The maximum Gasteiger partial charge on any atom is 0.0567 e. The van der Waals surface area contributed by atoms with Crippen LogP contribution in [0.4, 0.5) is 0 Å². The zero-order valence-corrected chi connectivity index (χ0v) is 12.4. The minimum atomic E-state index is -0.804. The molecule has 1 nitrogen and oxygen atoms in total. The van der Waals surface area contributed by atoms with Gasteiger partial charge >= 0.3 is 0 Å². The highest BCUT2D eigenvalue weighted by molar-refractivity contribution is 7.85. The summed E-state index contributed by atoms with van der Waals surface area (Å²) in [5.74, 6) is 3.26. The van der Waals surface area contributed by atoms with Crippen molar-refractivity contribution in [3.8, 4) is 0 Å². The summed E-state index contributed by atoms with van der Waals surface area (Å²) in [6, 6.07) is 10.1. The molecule has 0 amide bonds. The van der Waals surface area contributed by atoms with E-state index >= 15 is 0 Å². The van der Waals surface area contributed by atoms with E-state index in [4.69, 9.17) is 0 Å². The predicted molar refractivity (Wildman–Crippen MR) is 80.7 cm³/mol. The molecule has 0 heterocycles. The van der Waals surface area contributed by atoms with Crippen LogP contribution in [0, 0.1) is 23.7 Å². The molecule has 0 unspecified atom stereocenters. The Bertz CT molecular complexity index is 618. The van der Waals surface area contributed by atoms with Crippen molar-refractivity contribution in [3.63, 3.8) is 0 Å². The molecule has 0 saturated heterocycles. The first-order valence-electron chi connectivity index (χ1n) is 8.02. The quantitative estimate of drug-likeness (QED) is 0.594. The van der Waals surface area contributed by atoms with Crippen LogP contribution in [0.3, 0.4) is 0 Å². The Morgan fingerprint density at radius 2 is 1.60 bits per heavy atom. The number of allylic oxidation sites excluding steroid dienone is 2. The Hall–Kier alpha value is -0.890. The first kappa shape index (κ1) is 11.7. The number of hydrogen-bond donors (Lipinski definition) is 0. The topological polar surface area (TPSA) is 17.1 Å². The van der Waals surface area contributed by atoms with E-state index in [1.807, 2.05) is 35.9 Å². The van der Waals surface area contributed by atoms with Gasteiger partial charge in [-0.15, -0.1) is 0 Å². The van der Waals surface area contributed by atoms with Gasteiger partial charge in [-0.05, 0) is 67.9 Å². The fourth-order valence-electron chi connectivity index (χ4n) is 5.65. The van der Waals surface area contributed by atoms with Gasteiger partial charge in [-0.3, -0.25) is 4.21 Å². The summed E-state index contributed by atoms with van der Waals surface area (Å²) < 4.78 is 12.9. The molecular formula is C18H20OS. The number of benzene rings is 1. The molecule has 5 rings (SSSR count). The highest BCUT2D eigenvalue weighted by Crippen LogP contribution is 2.64. The van der Waals surface area contributed by atoms with Crippen LogP contribution in [0.2, 0.25) is 0 Å². The van der Waals surface area contributed by atoms with Crippen LogP contribution >= 0.6 is 0 Å². The standard InChI is InChI=1S/C18H20OS/c19-20(14-4-2-1-3-5-14)16-10-13-9-15(16)18-12-7-6-11(8-12)17(13)18/h1-5,11-13,15-16H,6-10H2/t11-,12-,13+,15+,16+,20+/m0/s1. The fraction of sp³-hybridized carbons (Fsp3) is 0.556. The van der Waals surface area contributed by atoms with Crippen LogP contribution in [0.1, 0.15) is 32.1 Å². The van der Waals surface area contributed by atoms with E-state index in [1.54, 1.807) is 5.57 Å². The van der Waals surface area contributed by atoms with Crippen LogP contribution in [0.5, 0.6) is 0 Å². The van der Waals surface area contributed by atoms with Crippen molar-refractivity contribution < 1.29 is 4.21 Å². The van der Waals surface area contributed by atoms with E-state index in [0.717, 1.165) is 22.6 Å². The number of fused-ring (bicyclic) bond motifs is 8. The van der Waals surface area contributed by atoms with E-state index in [1.165, 1.54) is 32.1 Å². The molecule has 1 aromatic carbocycles. The van der Waals surface area contributed by atoms with Crippen molar-refractivity contribution in [1.82, 2.24) is 0 Å². The third kappa shape index (κ3) is 1.41. The molecule has 1 aromatic rings. The maximum absolute atomic E-state index is 12.9. The second-order valence-corrected chi connectivity index (χ2v) is 8.71. The van der Waals surface area contributed by atoms with Crippen LogP contribution in [-0.2, 0) is 10.8 Å². The summed E-state index contributed by atoms with van der Waals surface area (Å²) in [5, 5.41) is 0.403. The lowest BCUT2D eigenvalue weighted by Gasteiger charge is -2.29. The highest BCUT2D eigenvalue weighted by atomic mass is 32.2. The largest absolute Gasteiger partial charge is 0.254 e. The monoisotopic (exact) mass is 284 g/mol. The summed E-state index contributed by atoms with van der Waals surface area (Å²) in [5.41, 5.74) is 3.65. The van der Waals surface area contributed by atoms with Gasteiger partial charge < -0.3 is 0 Å². The smallest absolute Gasteiger partial charge is 0.0567 e. The van der Waals surface area contributed by atoms with Gasteiger partial charge in [0.2, 0.25) is 0 Å². The van der Waals surface area contributed by atoms with Crippen LogP contribution < -0.4 is 0 Å². The van der Waals surface area contributed by atoms with Gasteiger partial charge in [-0.1, -0.05) is 29.3 Å². The van der Waals surface area contributed by atoms with Crippen molar-refractivity contribution >= 4 is 10.8 Å². The van der Waals surface area contributed by atoms with E-state index in [-0.39, 0.29) is 0 Å². The van der Waals surface area contributed by atoms with Crippen LogP contribution in [0.15, 0.2) is 46.4 Å². The van der Waals surface area contributed by atoms with E-state index in [2.05, 4.69) is 0 Å². The minimum Gasteiger partial charge on any atom is -0.254 e. The molecule has 0 aromatic heterocycles. The summed E-state index contributed by atoms with van der Waals surface area (Å²) in [4.78, 5) is 1.04. The first-order valence-corrected chi connectivity index (χ1v) is 9.23. The lowest BCUT2D eigenvalue weighted by molar-refractivity contribution is 0.529. The van der Waals surface area contributed by atoms with Crippen molar-refractivity contribution in [2.75, 3.05) is 0 Å². The maximum atomic E-state index is 12.9. The van der Waals surface area contributed by atoms with E-state index in [9.17, 15) is 4.21 Å². The number of rotatable bonds is 2. The Morgan fingerprint density at radius 3 is 2.40 bits per heavy atom. The lowest BCUT2D eigenvalue weighted by Crippen LogP contribution is -2.27. The summed E-state index contributed by atoms with van der Waals surface area (Å²) in [6.07, 6.45) is 6.80. The van der Waals surface area contributed by atoms with Gasteiger partial charge in [0.1, 0.15) is 0 Å². The molecule has 4 bridgehead atoms. The van der Waals surface area contributed by atoms with Crippen LogP contribution in [-0.4, -0.2) is 9.46 Å². The fourth-order valence-corrected chi connectivity index (χ4v) is 7.39. The van der Waals surface area contributed by atoms with Gasteiger partial charge in [0, 0.05) is 10.1 Å². The Kier molecular flexibility index (Phi) is 2.39.